The maximum atomic E-state index is 12.3. The highest BCUT2D eigenvalue weighted by molar-refractivity contribution is 5.94. The summed E-state index contributed by atoms with van der Waals surface area (Å²) in [5, 5.41) is 6.66. The highest BCUT2D eigenvalue weighted by atomic mass is 16.2. The molecule has 2 aromatic rings. The van der Waals surface area contributed by atoms with Gasteiger partial charge in [-0.25, -0.2) is 0 Å². The van der Waals surface area contributed by atoms with Crippen molar-refractivity contribution in [3.63, 3.8) is 0 Å². The van der Waals surface area contributed by atoms with E-state index in [2.05, 4.69) is 15.2 Å². The zero-order valence-corrected chi connectivity index (χ0v) is 10.6. The average Bonchev–Trinajstić information content (AvgIpc) is 2.82. The molecule has 0 radical (unpaired) electrons. The van der Waals surface area contributed by atoms with Crippen molar-refractivity contribution in [2.24, 2.45) is 0 Å². The fourth-order valence-corrected chi connectivity index (χ4v) is 1.75. The number of carbonyl (C=O) groups is 1. The molecule has 0 bridgehead atoms. The molecule has 0 atom stereocenters. The van der Waals surface area contributed by atoms with Gasteiger partial charge < -0.3 is 4.90 Å². The van der Waals surface area contributed by atoms with Gasteiger partial charge in [-0.15, -0.1) is 0 Å². The van der Waals surface area contributed by atoms with Crippen LogP contribution in [0, 0.1) is 6.92 Å². The third kappa shape index (κ3) is 2.56. The first-order valence-corrected chi connectivity index (χ1v) is 5.91. The van der Waals surface area contributed by atoms with Crippen molar-refractivity contribution in [3.8, 4) is 0 Å². The Morgan fingerprint density at radius 2 is 2.28 bits per heavy atom. The molecule has 0 fully saturated rings. The van der Waals surface area contributed by atoms with Gasteiger partial charge in [0.15, 0.2) is 0 Å². The lowest BCUT2D eigenvalue weighted by Crippen LogP contribution is -2.30. The fourth-order valence-electron chi connectivity index (χ4n) is 1.75. The molecule has 0 aliphatic heterocycles. The second-order valence-electron chi connectivity index (χ2n) is 4.05. The second kappa shape index (κ2) is 5.44. The predicted molar refractivity (Wildman–Crippen MR) is 68.0 cm³/mol. The molecular formula is C13H16N4O. The number of rotatable bonds is 4. The van der Waals surface area contributed by atoms with Crippen molar-refractivity contribution in [1.82, 2.24) is 20.1 Å². The van der Waals surface area contributed by atoms with E-state index in [0.29, 0.717) is 18.7 Å². The molecule has 5 nitrogen and oxygen atoms in total. The van der Waals surface area contributed by atoms with Gasteiger partial charge in [-0.05, 0) is 26.0 Å². The smallest absolute Gasteiger partial charge is 0.257 e. The first kappa shape index (κ1) is 12.3. The van der Waals surface area contributed by atoms with Crippen LogP contribution in [0.15, 0.2) is 30.6 Å². The molecule has 18 heavy (non-hydrogen) atoms. The van der Waals surface area contributed by atoms with E-state index in [1.54, 1.807) is 17.3 Å². The first-order chi connectivity index (χ1) is 8.72. The van der Waals surface area contributed by atoms with Gasteiger partial charge in [0.05, 0.1) is 24.0 Å². The number of pyridine rings is 1. The van der Waals surface area contributed by atoms with E-state index in [9.17, 15) is 4.79 Å². The second-order valence-corrected chi connectivity index (χ2v) is 4.05. The minimum Gasteiger partial charge on any atom is -0.333 e. The molecule has 2 heterocycles. The van der Waals surface area contributed by atoms with Gasteiger partial charge in [-0.3, -0.25) is 14.9 Å². The van der Waals surface area contributed by atoms with Crippen LogP contribution in [0.3, 0.4) is 0 Å². The van der Waals surface area contributed by atoms with Crippen LogP contribution in [0.4, 0.5) is 0 Å². The molecule has 1 N–H and O–H groups in total. The van der Waals surface area contributed by atoms with E-state index in [1.165, 1.54) is 0 Å². The van der Waals surface area contributed by atoms with Crippen molar-refractivity contribution in [2.45, 2.75) is 20.4 Å². The van der Waals surface area contributed by atoms with Crippen molar-refractivity contribution < 1.29 is 4.79 Å². The Bertz CT molecular complexity index is 521. The number of carbonyl (C=O) groups excluding carboxylic acids is 1. The number of hydrogen-bond donors (Lipinski definition) is 1. The zero-order valence-electron chi connectivity index (χ0n) is 10.6. The Hall–Kier alpha value is -2.17. The lowest BCUT2D eigenvalue weighted by molar-refractivity contribution is 0.0750. The van der Waals surface area contributed by atoms with E-state index in [4.69, 9.17) is 0 Å². The molecule has 0 saturated heterocycles. The number of hydrogen-bond acceptors (Lipinski definition) is 3. The van der Waals surface area contributed by atoms with Crippen molar-refractivity contribution >= 4 is 5.91 Å². The van der Waals surface area contributed by atoms with E-state index >= 15 is 0 Å². The molecule has 1 amide bonds. The first-order valence-electron chi connectivity index (χ1n) is 5.91. The van der Waals surface area contributed by atoms with Crippen molar-refractivity contribution in [2.75, 3.05) is 6.54 Å². The largest absolute Gasteiger partial charge is 0.333 e. The Morgan fingerprint density at radius 3 is 2.83 bits per heavy atom. The summed E-state index contributed by atoms with van der Waals surface area (Å²) in [5.74, 6) is -0.0191. The van der Waals surface area contributed by atoms with Crippen LogP contribution in [0.1, 0.15) is 28.7 Å². The number of nitrogens with zero attached hydrogens (tertiary/aromatic N) is 3. The van der Waals surface area contributed by atoms with Crippen molar-refractivity contribution in [1.29, 1.82) is 0 Å². The molecule has 2 aromatic heterocycles. The zero-order chi connectivity index (χ0) is 13.0. The summed E-state index contributed by atoms with van der Waals surface area (Å²) in [6, 6.07) is 5.70. The van der Waals surface area contributed by atoms with Gasteiger partial charge in [-0.2, -0.15) is 5.10 Å². The minimum atomic E-state index is -0.0191. The molecule has 0 spiro atoms. The molecule has 0 unspecified atom stereocenters. The Kier molecular flexibility index (Phi) is 3.72. The topological polar surface area (TPSA) is 61.9 Å². The monoisotopic (exact) mass is 244 g/mol. The van der Waals surface area contributed by atoms with E-state index in [-0.39, 0.29) is 5.91 Å². The minimum absolute atomic E-state index is 0.0191. The number of H-pyrrole nitrogens is 1. The van der Waals surface area contributed by atoms with Crippen LogP contribution < -0.4 is 0 Å². The van der Waals surface area contributed by atoms with Crippen LogP contribution in [0.25, 0.3) is 0 Å². The van der Waals surface area contributed by atoms with E-state index < -0.39 is 0 Å². The Balaban J connectivity index is 2.15. The molecule has 0 saturated carbocycles. The number of nitrogens with one attached hydrogen (secondary N) is 1. The fraction of sp³-hybridized carbons (Fsp3) is 0.308. The number of amides is 1. The summed E-state index contributed by atoms with van der Waals surface area (Å²) >= 11 is 0. The highest BCUT2D eigenvalue weighted by Gasteiger charge is 2.18. The molecule has 0 aliphatic rings. The normalized spacial score (nSPS) is 10.3. The standard InChI is InChI=1S/C13H16N4O/c1-3-17(9-11-6-4-5-7-14-11)13(18)12-8-15-16-10(12)2/h4-8H,3,9H2,1-2H3,(H,15,16). The summed E-state index contributed by atoms with van der Waals surface area (Å²) in [6.07, 6.45) is 3.30. The molecule has 0 aliphatic carbocycles. The SMILES string of the molecule is CCN(Cc1ccccn1)C(=O)c1cn[nH]c1C. The Morgan fingerprint density at radius 1 is 1.44 bits per heavy atom. The summed E-state index contributed by atoms with van der Waals surface area (Å²) < 4.78 is 0. The van der Waals surface area contributed by atoms with Crippen LogP contribution in [-0.2, 0) is 6.54 Å². The average molecular weight is 244 g/mol. The van der Waals surface area contributed by atoms with Gasteiger partial charge in [-0.1, -0.05) is 6.07 Å². The van der Waals surface area contributed by atoms with Crippen LogP contribution in [0.2, 0.25) is 0 Å². The number of aryl methyl sites for hydroxylation is 1. The van der Waals surface area contributed by atoms with Crippen LogP contribution in [-0.4, -0.2) is 32.5 Å². The molecular weight excluding hydrogens is 228 g/mol. The quantitative estimate of drug-likeness (QED) is 0.891. The molecule has 5 heteroatoms. The summed E-state index contributed by atoms with van der Waals surface area (Å²) in [7, 11) is 0. The third-order valence-corrected chi connectivity index (χ3v) is 2.81. The summed E-state index contributed by atoms with van der Waals surface area (Å²) in [6.45, 7) is 4.95. The molecule has 94 valence electrons. The van der Waals surface area contributed by atoms with Gasteiger partial charge in [0.2, 0.25) is 0 Å². The van der Waals surface area contributed by atoms with E-state index in [1.807, 2.05) is 32.0 Å². The van der Waals surface area contributed by atoms with Gasteiger partial charge in [0, 0.05) is 18.4 Å². The number of aromatic nitrogens is 3. The molecule has 0 aromatic carbocycles. The van der Waals surface area contributed by atoms with Gasteiger partial charge >= 0.3 is 0 Å². The lowest BCUT2D eigenvalue weighted by atomic mass is 10.2. The maximum Gasteiger partial charge on any atom is 0.257 e. The molecule has 2 rings (SSSR count). The van der Waals surface area contributed by atoms with Crippen LogP contribution >= 0.6 is 0 Å². The maximum absolute atomic E-state index is 12.3. The highest BCUT2D eigenvalue weighted by Crippen LogP contribution is 2.10. The Labute approximate surface area is 106 Å². The van der Waals surface area contributed by atoms with Crippen molar-refractivity contribution in [3.05, 3.63) is 47.5 Å². The number of aromatic amines is 1. The van der Waals surface area contributed by atoms with E-state index in [0.717, 1.165) is 11.4 Å². The summed E-state index contributed by atoms with van der Waals surface area (Å²) in [5.41, 5.74) is 2.29. The van der Waals surface area contributed by atoms with Crippen LogP contribution in [0.5, 0.6) is 0 Å². The predicted octanol–water partition coefficient (Wildman–Crippen LogP) is 1.78. The summed E-state index contributed by atoms with van der Waals surface area (Å²) in [4.78, 5) is 18.3. The van der Waals surface area contributed by atoms with Gasteiger partial charge in [0.25, 0.3) is 5.91 Å². The third-order valence-electron chi connectivity index (χ3n) is 2.81. The van der Waals surface area contributed by atoms with Gasteiger partial charge in [0.1, 0.15) is 0 Å². The lowest BCUT2D eigenvalue weighted by Gasteiger charge is -2.20.